The third kappa shape index (κ3) is 6.10. The maximum Gasteiger partial charge on any atom is 0.278 e. The van der Waals surface area contributed by atoms with Crippen LogP contribution in [0.25, 0.3) is 11.0 Å². The van der Waals surface area contributed by atoms with Gasteiger partial charge in [-0.3, -0.25) is 15.0 Å². The summed E-state index contributed by atoms with van der Waals surface area (Å²) in [7, 11) is 2.14. The van der Waals surface area contributed by atoms with E-state index in [9.17, 15) is 9.59 Å². The van der Waals surface area contributed by atoms with Crippen LogP contribution in [0.3, 0.4) is 0 Å². The predicted molar refractivity (Wildman–Crippen MR) is 152 cm³/mol. The van der Waals surface area contributed by atoms with Crippen molar-refractivity contribution in [3.05, 3.63) is 53.0 Å². The molecule has 0 bridgehead atoms. The molecular formula is C27H37N9O2. The Balaban J connectivity index is 1.61. The molecular weight excluding hydrogens is 482 g/mol. The van der Waals surface area contributed by atoms with Gasteiger partial charge in [-0.15, -0.1) is 0 Å². The van der Waals surface area contributed by atoms with Crippen molar-refractivity contribution in [1.29, 1.82) is 5.41 Å². The quantitative estimate of drug-likeness (QED) is 0.260. The fraction of sp³-hybridized carbons (Fsp3) is 0.444. The second-order valence-corrected chi connectivity index (χ2v) is 10.9. The fourth-order valence-corrected chi connectivity index (χ4v) is 4.34. The topological polar surface area (TPSA) is 124 Å². The highest BCUT2D eigenvalue weighted by Gasteiger charge is 2.20. The molecule has 38 heavy (non-hydrogen) atoms. The van der Waals surface area contributed by atoms with E-state index in [2.05, 4.69) is 49.6 Å². The van der Waals surface area contributed by atoms with E-state index < -0.39 is 5.54 Å². The third-order valence-corrected chi connectivity index (χ3v) is 6.22. The van der Waals surface area contributed by atoms with Crippen LogP contribution in [-0.2, 0) is 4.79 Å². The highest BCUT2D eigenvalue weighted by molar-refractivity contribution is 6.02. The van der Waals surface area contributed by atoms with Crippen LogP contribution in [0.1, 0.15) is 40.7 Å². The van der Waals surface area contributed by atoms with Crippen molar-refractivity contribution in [2.45, 2.75) is 46.2 Å². The molecule has 1 amide bonds. The number of benzene rings is 1. The van der Waals surface area contributed by atoms with Crippen molar-refractivity contribution in [3.8, 4) is 0 Å². The lowest BCUT2D eigenvalue weighted by Crippen LogP contribution is -2.44. The van der Waals surface area contributed by atoms with E-state index >= 15 is 0 Å². The van der Waals surface area contributed by atoms with E-state index in [0.717, 1.165) is 31.9 Å². The van der Waals surface area contributed by atoms with E-state index in [1.165, 1.54) is 33.4 Å². The van der Waals surface area contributed by atoms with Gasteiger partial charge in [0, 0.05) is 61.4 Å². The predicted octanol–water partition coefficient (Wildman–Crippen LogP) is 2.97. The molecule has 0 radical (unpaired) electrons. The van der Waals surface area contributed by atoms with Gasteiger partial charge in [-0.25, -0.2) is 14.3 Å². The second kappa shape index (κ2) is 10.8. The van der Waals surface area contributed by atoms with Gasteiger partial charge in [0.1, 0.15) is 11.2 Å². The van der Waals surface area contributed by atoms with Crippen LogP contribution >= 0.6 is 0 Å². The van der Waals surface area contributed by atoms with Crippen molar-refractivity contribution >= 4 is 40.1 Å². The molecule has 11 heteroatoms. The number of fused-ring (bicyclic) bond motifs is 1. The molecule has 3 heterocycles. The number of aromatic nitrogens is 4. The molecule has 0 unspecified atom stereocenters. The van der Waals surface area contributed by atoms with Gasteiger partial charge in [0.2, 0.25) is 11.9 Å². The van der Waals surface area contributed by atoms with Gasteiger partial charge in [0.15, 0.2) is 5.65 Å². The Morgan fingerprint density at radius 3 is 2.34 bits per heavy atom. The molecule has 1 fully saturated rings. The average molecular weight is 520 g/mol. The number of carbonyl (C=O) groups is 1. The minimum Gasteiger partial charge on any atom is -0.369 e. The minimum absolute atomic E-state index is 0.0592. The van der Waals surface area contributed by atoms with Gasteiger partial charge in [0.05, 0.1) is 0 Å². The Morgan fingerprint density at radius 1 is 1.08 bits per heavy atom. The molecule has 4 rings (SSSR count). The van der Waals surface area contributed by atoms with Gasteiger partial charge in [-0.1, -0.05) is 0 Å². The summed E-state index contributed by atoms with van der Waals surface area (Å²) in [6.45, 7) is 13.4. The van der Waals surface area contributed by atoms with Crippen LogP contribution in [-0.4, -0.2) is 74.7 Å². The standard InChI is InChI=1S/C27H37N9O2/c1-18(2)35-25(38)21-17-29-26(30-19-7-9-20(10-8-19)34-15-13-33(6)14-16-34)31-24(21)36(35)22(28)11-12-23(37)32-27(3,4)5/h7-12,17-18,28H,13-16H2,1-6H3,(H,32,37)(H,29,30,31)/b12-11-,28-22?. The molecule has 1 aliphatic heterocycles. The zero-order chi connectivity index (χ0) is 27.6. The van der Waals surface area contributed by atoms with Gasteiger partial charge in [-0.2, -0.15) is 4.98 Å². The first-order chi connectivity index (χ1) is 17.9. The lowest BCUT2D eigenvalue weighted by molar-refractivity contribution is -0.117. The van der Waals surface area contributed by atoms with Crippen LogP contribution in [0.15, 0.2) is 47.4 Å². The highest BCUT2D eigenvalue weighted by atomic mass is 16.1. The Bertz CT molecular complexity index is 1400. The summed E-state index contributed by atoms with van der Waals surface area (Å²) in [6, 6.07) is 7.85. The smallest absolute Gasteiger partial charge is 0.278 e. The van der Waals surface area contributed by atoms with Crippen molar-refractivity contribution < 1.29 is 4.79 Å². The molecule has 11 nitrogen and oxygen atoms in total. The van der Waals surface area contributed by atoms with Crippen molar-refractivity contribution in [2.24, 2.45) is 0 Å². The Labute approximate surface area is 222 Å². The molecule has 0 atom stereocenters. The molecule has 0 spiro atoms. The molecule has 0 aliphatic carbocycles. The molecule has 0 saturated carbocycles. The number of carbonyl (C=O) groups excluding carboxylic acids is 1. The van der Waals surface area contributed by atoms with Crippen LogP contribution in [0.5, 0.6) is 0 Å². The SMILES string of the molecule is CC(C)n1c(=O)c2cnc(Nc3ccc(N4CCN(C)CC4)cc3)nc2n1C(=N)/C=C\C(=O)NC(C)(C)C. The summed E-state index contributed by atoms with van der Waals surface area (Å²) in [5.41, 5.74) is 1.57. The lowest BCUT2D eigenvalue weighted by Gasteiger charge is -2.34. The van der Waals surface area contributed by atoms with Gasteiger partial charge >= 0.3 is 0 Å². The third-order valence-electron chi connectivity index (χ3n) is 6.22. The van der Waals surface area contributed by atoms with Crippen molar-refractivity contribution in [1.82, 2.24) is 29.5 Å². The molecule has 3 aromatic rings. The van der Waals surface area contributed by atoms with Crippen LogP contribution in [0.2, 0.25) is 0 Å². The minimum atomic E-state index is -0.402. The van der Waals surface area contributed by atoms with E-state index in [1.54, 1.807) is 0 Å². The summed E-state index contributed by atoms with van der Waals surface area (Å²) in [4.78, 5) is 39.0. The normalized spacial score (nSPS) is 15.0. The molecule has 202 valence electrons. The zero-order valence-electron chi connectivity index (χ0n) is 22.9. The maximum absolute atomic E-state index is 13.1. The van der Waals surface area contributed by atoms with Crippen LogP contribution in [0, 0.1) is 5.41 Å². The summed E-state index contributed by atoms with van der Waals surface area (Å²) < 4.78 is 2.87. The average Bonchev–Trinajstić information content (AvgIpc) is 3.14. The number of anilines is 3. The Hall–Kier alpha value is -3.99. The maximum atomic E-state index is 13.1. The van der Waals surface area contributed by atoms with Crippen molar-refractivity contribution in [2.75, 3.05) is 43.4 Å². The second-order valence-electron chi connectivity index (χ2n) is 10.9. The molecule has 1 aromatic carbocycles. The number of hydrogen-bond donors (Lipinski definition) is 3. The van der Waals surface area contributed by atoms with E-state index in [1.807, 2.05) is 46.8 Å². The van der Waals surface area contributed by atoms with E-state index in [-0.39, 0.29) is 23.3 Å². The monoisotopic (exact) mass is 519 g/mol. The van der Waals surface area contributed by atoms with Gasteiger partial charge < -0.3 is 20.4 Å². The Kier molecular flexibility index (Phi) is 7.68. The largest absolute Gasteiger partial charge is 0.369 e. The molecule has 1 saturated heterocycles. The number of nitrogens with one attached hydrogen (secondary N) is 3. The van der Waals surface area contributed by atoms with Gasteiger partial charge in [-0.05, 0) is 72.0 Å². The van der Waals surface area contributed by atoms with Crippen LogP contribution < -0.4 is 21.1 Å². The molecule has 3 N–H and O–H groups in total. The number of piperazine rings is 1. The van der Waals surface area contributed by atoms with E-state index in [0.29, 0.717) is 17.0 Å². The number of hydrogen-bond acceptors (Lipinski definition) is 8. The lowest BCUT2D eigenvalue weighted by atomic mass is 10.1. The summed E-state index contributed by atoms with van der Waals surface area (Å²) in [5.74, 6) is -0.0769. The number of rotatable bonds is 6. The number of amides is 1. The summed E-state index contributed by atoms with van der Waals surface area (Å²) >= 11 is 0. The fourth-order valence-electron chi connectivity index (χ4n) is 4.34. The Morgan fingerprint density at radius 2 is 1.74 bits per heavy atom. The van der Waals surface area contributed by atoms with Crippen LogP contribution in [0.4, 0.5) is 17.3 Å². The highest BCUT2D eigenvalue weighted by Crippen LogP contribution is 2.22. The number of allylic oxidation sites excluding steroid dienone is 1. The first kappa shape index (κ1) is 27.1. The summed E-state index contributed by atoms with van der Waals surface area (Å²) in [6.07, 6.45) is 4.13. The van der Waals surface area contributed by atoms with Gasteiger partial charge in [0.25, 0.3) is 5.56 Å². The zero-order valence-corrected chi connectivity index (χ0v) is 22.9. The number of likely N-dealkylation sites (N-methyl/N-ethyl adjacent to an activating group) is 1. The molecule has 1 aliphatic rings. The number of nitrogens with zero attached hydrogens (tertiary/aromatic N) is 6. The first-order valence-corrected chi connectivity index (χ1v) is 12.8. The first-order valence-electron chi connectivity index (χ1n) is 12.8. The summed E-state index contributed by atoms with van der Waals surface area (Å²) in [5, 5.41) is 15.0. The van der Waals surface area contributed by atoms with E-state index in [4.69, 9.17) is 5.41 Å². The molecule has 2 aromatic heterocycles. The van der Waals surface area contributed by atoms with Crippen molar-refractivity contribution in [3.63, 3.8) is 0 Å².